The van der Waals surface area contributed by atoms with Crippen LogP contribution in [0.2, 0.25) is 0 Å². The largest absolute Gasteiger partial charge is 0.251 e. The van der Waals surface area contributed by atoms with Gasteiger partial charge in [0.1, 0.15) is 4.21 Å². The van der Waals surface area contributed by atoms with Crippen LogP contribution < -0.4 is 4.72 Å². The fourth-order valence-electron chi connectivity index (χ4n) is 2.00. The number of benzene rings is 1. The minimum Gasteiger partial charge on any atom is -0.207 e. The van der Waals surface area contributed by atoms with Gasteiger partial charge in [-0.2, -0.15) is 0 Å². The predicted octanol–water partition coefficient (Wildman–Crippen LogP) is 3.73. The number of nitrogens with one attached hydrogen (secondary N) is 1. The Hall–Kier alpha value is -0.690. The second-order valence-electron chi connectivity index (χ2n) is 4.71. The number of hydrogen-bond acceptors (Lipinski definition) is 3. The first-order valence-corrected chi connectivity index (χ1v) is 9.35. The SMILES string of the molecule is Cc1ccccc1CC(C)NS(=O)(=O)c1sccc1Br. The fraction of sp³-hybridized carbons (Fsp3) is 0.286. The van der Waals surface area contributed by atoms with Crippen molar-refractivity contribution in [2.75, 3.05) is 0 Å². The quantitative estimate of drug-likeness (QED) is 0.867. The molecule has 0 aliphatic heterocycles. The lowest BCUT2D eigenvalue weighted by Crippen LogP contribution is -2.34. The molecule has 0 saturated carbocycles. The van der Waals surface area contributed by atoms with Gasteiger partial charge in [0.2, 0.25) is 0 Å². The predicted molar refractivity (Wildman–Crippen MR) is 86.7 cm³/mol. The van der Waals surface area contributed by atoms with Crippen LogP contribution in [0, 0.1) is 6.92 Å². The molecule has 1 aromatic heterocycles. The number of hydrogen-bond donors (Lipinski definition) is 1. The van der Waals surface area contributed by atoms with Crippen LogP contribution in [0.3, 0.4) is 0 Å². The van der Waals surface area contributed by atoms with E-state index in [2.05, 4.69) is 20.7 Å². The van der Waals surface area contributed by atoms with Gasteiger partial charge in [-0.1, -0.05) is 24.3 Å². The molecule has 0 amide bonds. The Morgan fingerprint density at radius 2 is 2.00 bits per heavy atom. The minimum atomic E-state index is -3.46. The van der Waals surface area contributed by atoms with E-state index in [1.807, 2.05) is 38.1 Å². The van der Waals surface area contributed by atoms with E-state index in [9.17, 15) is 8.42 Å². The Labute approximate surface area is 132 Å². The van der Waals surface area contributed by atoms with E-state index in [1.165, 1.54) is 16.9 Å². The molecule has 0 aliphatic rings. The molecular weight excluding hydrogens is 358 g/mol. The molecule has 1 aromatic carbocycles. The Morgan fingerprint density at radius 3 is 2.60 bits per heavy atom. The highest BCUT2D eigenvalue weighted by Crippen LogP contribution is 2.27. The second-order valence-corrected chi connectivity index (χ2v) is 8.39. The molecule has 20 heavy (non-hydrogen) atoms. The highest BCUT2D eigenvalue weighted by molar-refractivity contribution is 9.10. The summed E-state index contributed by atoms with van der Waals surface area (Å²) in [6, 6.07) is 9.60. The van der Waals surface area contributed by atoms with Crippen LogP contribution in [0.5, 0.6) is 0 Å². The third-order valence-electron chi connectivity index (χ3n) is 2.97. The molecule has 1 atom stereocenters. The van der Waals surface area contributed by atoms with Gasteiger partial charge in [-0.25, -0.2) is 13.1 Å². The van der Waals surface area contributed by atoms with Crippen molar-refractivity contribution in [2.45, 2.75) is 30.5 Å². The lowest BCUT2D eigenvalue weighted by Gasteiger charge is -2.15. The van der Waals surface area contributed by atoms with Gasteiger partial charge >= 0.3 is 0 Å². The fourth-order valence-corrected chi connectivity index (χ4v) is 5.60. The van der Waals surface area contributed by atoms with Crippen LogP contribution in [0.15, 0.2) is 44.4 Å². The summed E-state index contributed by atoms with van der Waals surface area (Å²) >= 11 is 4.47. The van der Waals surface area contributed by atoms with E-state index >= 15 is 0 Å². The highest BCUT2D eigenvalue weighted by atomic mass is 79.9. The molecule has 108 valence electrons. The lowest BCUT2D eigenvalue weighted by atomic mass is 10.0. The van der Waals surface area contributed by atoms with E-state index in [4.69, 9.17) is 0 Å². The molecule has 2 aromatic rings. The maximum atomic E-state index is 12.3. The van der Waals surface area contributed by atoms with Gasteiger partial charge < -0.3 is 0 Å². The molecule has 0 spiro atoms. The van der Waals surface area contributed by atoms with Gasteiger partial charge in [0.15, 0.2) is 0 Å². The van der Waals surface area contributed by atoms with Crippen molar-refractivity contribution in [2.24, 2.45) is 0 Å². The van der Waals surface area contributed by atoms with Crippen LogP contribution in [0.1, 0.15) is 18.1 Å². The molecule has 0 bridgehead atoms. The van der Waals surface area contributed by atoms with Crippen molar-refractivity contribution in [3.8, 4) is 0 Å². The zero-order chi connectivity index (χ0) is 14.8. The van der Waals surface area contributed by atoms with E-state index in [0.717, 1.165) is 5.56 Å². The van der Waals surface area contributed by atoms with Crippen molar-refractivity contribution in [1.29, 1.82) is 0 Å². The smallest absolute Gasteiger partial charge is 0.207 e. The topological polar surface area (TPSA) is 46.2 Å². The van der Waals surface area contributed by atoms with Crippen molar-refractivity contribution in [3.63, 3.8) is 0 Å². The van der Waals surface area contributed by atoms with Crippen molar-refractivity contribution in [3.05, 3.63) is 51.3 Å². The van der Waals surface area contributed by atoms with Gasteiger partial charge in [-0.05, 0) is 58.8 Å². The molecule has 1 unspecified atom stereocenters. The van der Waals surface area contributed by atoms with Crippen LogP contribution in [0.4, 0.5) is 0 Å². The monoisotopic (exact) mass is 373 g/mol. The summed E-state index contributed by atoms with van der Waals surface area (Å²) in [6.07, 6.45) is 0.675. The summed E-state index contributed by atoms with van der Waals surface area (Å²) in [4.78, 5) is 0. The third kappa shape index (κ3) is 3.69. The lowest BCUT2D eigenvalue weighted by molar-refractivity contribution is 0.561. The number of rotatable bonds is 5. The van der Waals surface area contributed by atoms with E-state index < -0.39 is 10.0 Å². The number of sulfonamides is 1. The first kappa shape index (κ1) is 15.7. The summed E-state index contributed by atoms with van der Waals surface area (Å²) in [5.41, 5.74) is 2.34. The van der Waals surface area contributed by atoms with Crippen LogP contribution in [-0.2, 0) is 16.4 Å². The zero-order valence-electron chi connectivity index (χ0n) is 11.3. The van der Waals surface area contributed by atoms with Crippen LogP contribution >= 0.6 is 27.3 Å². The first-order valence-electron chi connectivity index (χ1n) is 6.20. The Bertz CT molecular complexity index is 695. The molecule has 6 heteroatoms. The van der Waals surface area contributed by atoms with Crippen molar-refractivity contribution < 1.29 is 8.42 Å². The van der Waals surface area contributed by atoms with E-state index in [1.54, 1.807) is 11.4 Å². The maximum Gasteiger partial charge on any atom is 0.251 e. The number of thiophene rings is 1. The summed E-state index contributed by atoms with van der Waals surface area (Å²) in [6.45, 7) is 3.91. The molecule has 1 heterocycles. The Balaban J connectivity index is 2.11. The molecule has 0 saturated heterocycles. The van der Waals surface area contributed by atoms with E-state index in [-0.39, 0.29) is 6.04 Å². The molecule has 3 nitrogen and oxygen atoms in total. The van der Waals surface area contributed by atoms with Crippen LogP contribution in [0.25, 0.3) is 0 Å². The second kappa shape index (κ2) is 6.39. The summed E-state index contributed by atoms with van der Waals surface area (Å²) in [7, 11) is -3.46. The first-order chi connectivity index (χ1) is 9.40. The summed E-state index contributed by atoms with van der Waals surface area (Å²) < 4.78 is 28.2. The summed E-state index contributed by atoms with van der Waals surface area (Å²) in [5, 5.41) is 1.75. The average molecular weight is 374 g/mol. The standard InChI is InChI=1S/C14H16BrNO2S2/c1-10-5-3-4-6-12(10)9-11(2)16-20(17,18)14-13(15)7-8-19-14/h3-8,11,16H,9H2,1-2H3. The molecular formula is C14H16BrNO2S2. The van der Waals surface area contributed by atoms with Gasteiger partial charge in [0.05, 0.1) is 0 Å². The van der Waals surface area contributed by atoms with Crippen molar-refractivity contribution in [1.82, 2.24) is 4.72 Å². The molecule has 0 radical (unpaired) electrons. The zero-order valence-corrected chi connectivity index (χ0v) is 14.5. The van der Waals surface area contributed by atoms with Crippen LogP contribution in [-0.4, -0.2) is 14.5 Å². The van der Waals surface area contributed by atoms with Gasteiger partial charge in [0.25, 0.3) is 10.0 Å². The Kier molecular flexibility index (Phi) is 5.01. The van der Waals surface area contributed by atoms with Gasteiger partial charge in [-0.15, -0.1) is 11.3 Å². The van der Waals surface area contributed by atoms with E-state index in [0.29, 0.717) is 15.1 Å². The average Bonchev–Trinajstić information content (AvgIpc) is 2.78. The van der Waals surface area contributed by atoms with Crippen molar-refractivity contribution >= 4 is 37.3 Å². The maximum absolute atomic E-state index is 12.3. The number of aryl methyl sites for hydroxylation is 1. The Morgan fingerprint density at radius 1 is 1.30 bits per heavy atom. The number of halogens is 1. The van der Waals surface area contributed by atoms with Gasteiger partial charge in [-0.3, -0.25) is 0 Å². The minimum absolute atomic E-state index is 0.157. The van der Waals surface area contributed by atoms with Gasteiger partial charge in [0, 0.05) is 10.5 Å². The summed E-state index contributed by atoms with van der Waals surface area (Å²) in [5.74, 6) is 0. The normalized spacial score (nSPS) is 13.3. The molecule has 2 rings (SSSR count). The highest BCUT2D eigenvalue weighted by Gasteiger charge is 2.21. The third-order valence-corrected chi connectivity index (χ3v) is 7.23. The molecule has 0 fully saturated rings. The molecule has 0 aliphatic carbocycles. The molecule has 1 N–H and O–H groups in total.